The standard InChI is InChI=1S/C22H38N2O9/c1-20(2,3)30-17(26)23-15(16(25)29-10)13-11-12-14-24(18(27)31-21(4,5)6)33-19(28)32-22(7,8)9/h11-12,15H,13-14H2,1-10H3,(H,23,26)/b12-11+/t15-/m0/s1. The number of hydrogen-bond donors (Lipinski definition) is 1. The number of esters is 1. The Labute approximate surface area is 195 Å². The fourth-order valence-corrected chi connectivity index (χ4v) is 2.03. The van der Waals surface area contributed by atoms with Crippen LogP contribution in [0.1, 0.15) is 68.7 Å². The van der Waals surface area contributed by atoms with Gasteiger partial charge in [0.1, 0.15) is 22.8 Å². The van der Waals surface area contributed by atoms with Crippen molar-refractivity contribution in [3.05, 3.63) is 12.2 Å². The zero-order valence-electron chi connectivity index (χ0n) is 21.3. The van der Waals surface area contributed by atoms with Gasteiger partial charge < -0.3 is 24.3 Å². The molecular weight excluding hydrogens is 436 g/mol. The number of nitrogens with zero attached hydrogens (tertiary/aromatic N) is 1. The van der Waals surface area contributed by atoms with Crippen molar-refractivity contribution in [2.45, 2.75) is 91.6 Å². The van der Waals surface area contributed by atoms with Crippen LogP contribution < -0.4 is 5.32 Å². The Balaban J connectivity index is 5.24. The van der Waals surface area contributed by atoms with E-state index in [0.29, 0.717) is 5.06 Å². The quantitative estimate of drug-likeness (QED) is 0.262. The van der Waals surface area contributed by atoms with E-state index >= 15 is 0 Å². The number of hydrogen-bond acceptors (Lipinski definition) is 9. The summed E-state index contributed by atoms with van der Waals surface area (Å²) in [6, 6.07) is -1.03. The van der Waals surface area contributed by atoms with Gasteiger partial charge in [-0.15, -0.1) is 5.06 Å². The highest BCUT2D eigenvalue weighted by molar-refractivity contribution is 5.81. The number of carbonyl (C=O) groups excluding carboxylic acids is 4. The maximum absolute atomic E-state index is 12.4. The monoisotopic (exact) mass is 474 g/mol. The van der Waals surface area contributed by atoms with Crippen molar-refractivity contribution in [3.8, 4) is 0 Å². The van der Waals surface area contributed by atoms with Crippen molar-refractivity contribution < 1.29 is 43.0 Å². The summed E-state index contributed by atoms with van der Waals surface area (Å²) >= 11 is 0. The minimum atomic E-state index is -1.08. The Hall–Kier alpha value is -2.98. The second kappa shape index (κ2) is 12.3. The van der Waals surface area contributed by atoms with Gasteiger partial charge in [-0.1, -0.05) is 12.2 Å². The third-order valence-electron chi connectivity index (χ3n) is 3.16. The minimum Gasteiger partial charge on any atom is -0.467 e. The molecule has 0 saturated carbocycles. The molecule has 0 radical (unpaired) electrons. The highest BCUT2D eigenvalue weighted by Crippen LogP contribution is 2.13. The molecule has 0 spiro atoms. The van der Waals surface area contributed by atoms with Gasteiger partial charge in [0.2, 0.25) is 0 Å². The Morgan fingerprint density at radius 3 is 1.79 bits per heavy atom. The summed E-state index contributed by atoms with van der Waals surface area (Å²) in [5.41, 5.74) is -2.40. The molecule has 0 fully saturated rings. The predicted molar refractivity (Wildman–Crippen MR) is 119 cm³/mol. The molecule has 0 aliphatic rings. The van der Waals surface area contributed by atoms with E-state index in [1.165, 1.54) is 19.3 Å². The molecule has 11 heteroatoms. The Morgan fingerprint density at radius 1 is 0.818 bits per heavy atom. The topological polar surface area (TPSA) is 130 Å². The first-order valence-corrected chi connectivity index (χ1v) is 10.5. The SMILES string of the molecule is COC(=O)[C@H](C/C=C/CN(OC(=O)OC(C)(C)C)C(=O)OC(C)(C)C)NC(=O)OC(C)(C)C. The van der Waals surface area contributed by atoms with Crippen molar-refractivity contribution in [2.75, 3.05) is 13.7 Å². The number of nitrogens with one attached hydrogen (secondary N) is 1. The van der Waals surface area contributed by atoms with Gasteiger partial charge in [-0.2, -0.15) is 0 Å². The first-order chi connectivity index (χ1) is 14.8. The van der Waals surface area contributed by atoms with E-state index in [9.17, 15) is 19.2 Å². The zero-order chi connectivity index (χ0) is 26.0. The smallest absolute Gasteiger partial charge is 0.467 e. The van der Waals surface area contributed by atoms with Crippen molar-refractivity contribution in [1.29, 1.82) is 0 Å². The molecule has 0 heterocycles. The van der Waals surface area contributed by atoms with Crippen molar-refractivity contribution in [3.63, 3.8) is 0 Å². The summed E-state index contributed by atoms with van der Waals surface area (Å²) in [6.07, 6.45) is 0.223. The Morgan fingerprint density at radius 2 is 1.33 bits per heavy atom. The van der Waals surface area contributed by atoms with E-state index in [-0.39, 0.29) is 13.0 Å². The summed E-state index contributed by atoms with van der Waals surface area (Å²) in [4.78, 5) is 53.4. The summed E-state index contributed by atoms with van der Waals surface area (Å²) in [5.74, 6) is -0.681. The fourth-order valence-electron chi connectivity index (χ4n) is 2.03. The van der Waals surface area contributed by atoms with Crippen LogP contribution in [0.25, 0.3) is 0 Å². The third kappa shape index (κ3) is 15.5. The molecule has 0 aromatic carbocycles. The van der Waals surface area contributed by atoms with Gasteiger partial charge in [-0.3, -0.25) is 4.84 Å². The first-order valence-electron chi connectivity index (χ1n) is 10.5. The molecule has 0 rings (SSSR count). The lowest BCUT2D eigenvalue weighted by Crippen LogP contribution is -2.43. The molecule has 0 saturated heterocycles. The zero-order valence-corrected chi connectivity index (χ0v) is 21.3. The molecule has 0 aromatic heterocycles. The van der Waals surface area contributed by atoms with Gasteiger partial charge in [0.05, 0.1) is 13.7 Å². The van der Waals surface area contributed by atoms with Crippen LogP contribution in [-0.2, 0) is 28.6 Å². The largest absolute Gasteiger partial charge is 0.534 e. The van der Waals surface area contributed by atoms with Crippen molar-refractivity contribution in [2.24, 2.45) is 0 Å². The van der Waals surface area contributed by atoms with E-state index in [2.05, 4.69) is 5.32 Å². The van der Waals surface area contributed by atoms with E-state index in [1.807, 2.05) is 0 Å². The van der Waals surface area contributed by atoms with Crippen LogP contribution >= 0.6 is 0 Å². The molecule has 0 aliphatic carbocycles. The third-order valence-corrected chi connectivity index (χ3v) is 3.16. The second-order valence-electron chi connectivity index (χ2n) is 10.0. The van der Waals surface area contributed by atoms with E-state index in [4.69, 9.17) is 23.8 Å². The van der Waals surface area contributed by atoms with Crippen LogP contribution in [0.3, 0.4) is 0 Å². The molecule has 33 heavy (non-hydrogen) atoms. The van der Waals surface area contributed by atoms with Crippen LogP contribution in [0.4, 0.5) is 14.4 Å². The normalized spacial score (nSPS) is 13.0. The molecule has 1 N–H and O–H groups in total. The summed E-state index contributed by atoms with van der Waals surface area (Å²) in [6.45, 7) is 14.8. The van der Waals surface area contributed by atoms with E-state index in [1.54, 1.807) is 62.3 Å². The highest BCUT2D eigenvalue weighted by Gasteiger charge is 2.28. The maximum atomic E-state index is 12.4. The van der Waals surface area contributed by atoms with Crippen LogP contribution in [0.2, 0.25) is 0 Å². The van der Waals surface area contributed by atoms with Crippen LogP contribution in [0, 0.1) is 0 Å². The maximum Gasteiger partial charge on any atom is 0.534 e. The van der Waals surface area contributed by atoms with Gasteiger partial charge in [0.25, 0.3) is 0 Å². The molecular formula is C22H38N2O9. The van der Waals surface area contributed by atoms with Gasteiger partial charge in [-0.25, -0.2) is 19.2 Å². The van der Waals surface area contributed by atoms with Gasteiger partial charge in [-0.05, 0) is 68.7 Å². The van der Waals surface area contributed by atoms with Crippen molar-refractivity contribution in [1.82, 2.24) is 10.4 Å². The first kappa shape index (κ1) is 30.0. The van der Waals surface area contributed by atoms with Crippen LogP contribution in [-0.4, -0.2) is 65.9 Å². The summed E-state index contributed by atoms with van der Waals surface area (Å²) < 4.78 is 20.1. The molecule has 0 aliphatic heterocycles. The van der Waals surface area contributed by atoms with Crippen molar-refractivity contribution >= 4 is 24.3 Å². The number of ether oxygens (including phenoxy) is 4. The lowest BCUT2D eigenvalue weighted by Gasteiger charge is -2.26. The minimum absolute atomic E-state index is 0.0283. The van der Waals surface area contributed by atoms with Crippen LogP contribution in [0.5, 0.6) is 0 Å². The van der Waals surface area contributed by atoms with Gasteiger partial charge in [0.15, 0.2) is 0 Å². The Bertz CT molecular complexity index is 713. The van der Waals surface area contributed by atoms with Gasteiger partial charge in [0, 0.05) is 0 Å². The molecule has 0 aromatic rings. The second-order valence-corrected chi connectivity index (χ2v) is 10.0. The molecule has 0 unspecified atom stereocenters. The fraction of sp³-hybridized carbons (Fsp3) is 0.727. The lowest BCUT2D eigenvalue weighted by atomic mass is 10.2. The highest BCUT2D eigenvalue weighted by atomic mass is 16.8. The van der Waals surface area contributed by atoms with E-state index in [0.717, 1.165) is 0 Å². The van der Waals surface area contributed by atoms with E-state index < -0.39 is 47.2 Å². The van der Waals surface area contributed by atoms with Gasteiger partial charge >= 0.3 is 24.3 Å². The number of amides is 2. The molecule has 2 amide bonds. The van der Waals surface area contributed by atoms with Crippen LogP contribution in [0.15, 0.2) is 12.2 Å². The average Bonchev–Trinajstić information content (AvgIpc) is 2.57. The number of methoxy groups -OCH3 is 1. The molecule has 1 atom stereocenters. The molecule has 11 nitrogen and oxygen atoms in total. The number of carbonyl (C=O) groups is 4. The summed E-state index contributed by atoms with van der Waals surface area (Å²) in [7, 11) is 1.19. The number of hydroxylamine groups is 2. The average molecular weight is 475 g/mol. The molecule has 190 valence electrons. The number of alkyl carbamates (subject to hydrolysis) is 1. The Kier molecular flexibility index (Phi) is 11.2. The predicted octanol–water partition coefficient (Wildman–Crippen LogP) is 4.10. The summed E-state index contributed by atoms with van der Waals surface area (Å²) in [5, 5.41) is 3.11. The lowest BCUT2D eigenvalue weighted by molar-refractivity contribution is -0.143. The molecule has 0 bridgehead atoms. The number of rotatable bonds is 6.